The molecule has 0 aliphatic rings. The largest absolute Gasteiger partial charge is 0.497 e. The fraction of sp³-hybridized carbons (Fsp3) is 0.182. The van der Waals surface area contributed by atoms with E-state index in [0.717, 1.165) is 11.4 Å². The topological polar surface area (TPSA) is 81.7 Å². The number of rotatable bonds is 9. The number of carbonyl (C=O) groups excluding carboxylic acids is 1. The maximum Gasteiger partial charge on any atom is 0.251 e. The van der Waals surface area contributed by atoms with Crippen LogP contribution in [0, 0.1) is 0 Å². The summed E-state index contributed by atoms with van der Waals surface area (Å²) in [6.45, 7) is 0.734. The molecule has 7 nitrogen and oxygen atoms in total. The third kappa shape index (κ3) is 5.62. The molecule has 0 aliphatic carbocycles. The smallest absolute Gasteiger partial charge is 0.251 e. The van der Waals surface area contributed by atoms with Gasteiger partial charge in [0.25, 0.3) is 5.91 Å². The van der Waals surface area contributed by atoms with E-state index in [1.54, 1.807) is 32.5 Å². The Morgan fingerprint density at radius 2 is 1.72 bits per heavy atom. The van der Waals surface area contributed by atoms with Crippen LogP contribution in [0.3, 0.4) is 0 Å². The number of hydrogen-bond donors (Lipinski definition) is 2. The minimum absolute atomic E-state index is 0.200. The number of nitrogens with one attached hydrogen (secondary N) is 2. The summed E-state index contributed by atoms with van der Waals surface area (Å²) >= 11 is 0. The molecular formula is C22H23N3O4. The minimum Gasteiger partial charge on any atom is -0.497 e. The molecule has 0 bridgehead atoms. The van der Waals surface area contributed by atoms with Gasteiger partial charge >= 0.3 is 0 Å². The molecule has 29 heavy (non-hydrogen) atoms. The number of anilines is 2. The molecule has 3 rings (SSSR count). The summed E-state index contributed by atoms with van der Waals surface area (Å²) in [5.41, 5.74) is 1.27. The average molecular weight is 393 g/mol. The summed E-state index contributed by atoms with van der Waals surface area (Å²) in [4.78, 5) is 16.7. The van der Waals surface area contributed by atoms with Crippen molar-refractivity contribution in [2.24, 2.45) is 0 Å². The second-order valence-corrected chi connectivity index (χ2v) is 6.03. The Morgan fingerprint density at radius 3 is 2.48 bits per heavy atom. The third-order valence-electron chi connectivity index (χ3n) is 4.11. The molecule has 0 atom stereocenters. The van der Waals surface area contributed by atoms with Gasteiger partial charge in [-0.05, 0) is 48.5 Å². The van der Waals surface area contributed by atoms with Crippen LogP contribution in [0.2, 0.25) is 0 Å². The van der Waals surface area contributed by atoms with E-state index in [0.29, 0.717) is 36.0 Å². The van der Waals surface area contributed by atoms with E-state index in [4.69, 9.17) is 14.2 Å². The highest BCUT2D eigenvalue weighted by molar-refractivity contribution is 5.94. The molecule has 0 saturated heterocycles. The Morgan fingerprint density at radius 1 is 0.966 bits per heavy atom. The summed E-state index contributed by atoms with van der Waals surface area (Å²) in [7, 11) is 3.22. The minimum atomic E-state index is -0.200. The van der Waals surface area contributed by atoms with E-state index < -0.39 is 0 Å². The van der Waals surface area contributed by atoms with Gasteiger partial charge in [0.05, 0.1) is 26.5 Å². The predicted octanol–water partition coefficient (Wildman–Crippen LogP) is 3.65. The number of ether oxygens (including phenoxy) is 3. The van der Waals surface area contributed by atoms with Gasteiger partial charge in [-0.1, -0.05) is 12.1 Å². The quantitative estimate of drug-likeness (QED) is 0.540. The number of aromatic nitrogens is 1. The van der Waals surface area contributed by atoms with Crippen molar-refractivity contribution in [2.75, 3.05) is 32.7 Å². The van der Waals surface area contributed by atoms with Crippen molar-refractivity contribution in [3.8, 4) is 17.2 Å². The lowest BCUT2D eigenvalue weighted by molar-refractivity contribution is 0.0947. The molecule has 0 radical (unpaired) electrons. The molecule has 0 unspecified atom stereocenters. The van der Waals surface area contributed by atoms with E-state index in [1.807, 2.05) is 48.5 Å². The number of carbonyl (C=O) groups is 1. The van der Waals surface area contributed by atoms with Gasteiger partial charge in [-0.15, -0.1) is 0 Å². The van der Waals surface area contributed by atoms with Gasteiger partial charge in [-0.25, -0.2) is 4.98 Å². The highest BCUT2D eigenvalue weighted by atomic mass is 16.5. The van der Waals surface area contributed by atoms with E-state index in [-0.39, 0.29) is 5.91 Å². The molecule has 7 heteroatoms. The zero-order chi connectivity index (χ0) is 20.5. The lowest BCUT2D eigenvalue weighted by Gasteiger charge is -2.11. The van der Waals surface area contributed by atoms with Crippen molar-refractivity contribution in [1.29, 1.82) is 0 Å². The Balaban J connectivity index is 1.52. The van der Waals surface area contributed by atoms with Crippen LogP contribution in [0.4, 0.5) is 11.5 Å². The van der Waals surface area contributed by atoms with Gasteiger partial charge < -0.3 is 24.8 Å². The first-order valence-corrected chi connectivity index (χ1v) is 9.11. The SMILES string of the molecule is COc1ccc(OCCNC(=O)c2ccnc(Nc3ccccc3OC)c2)cc1. The fourth-order valence-corrected chi connectivity index (χ4v) is 2.63. The average Bonchev–Trinajstić information content (AvgIpc) is 2.77. The fourth-order valence-electron chi connectivity index (χ4n) is 2.63. The summed E-state index contributed by atoms with van der Waals surface area (Å²) in [6.07, 6.45) is 1.58. The van der Waals surface area contributed by atoms with Gasteiger partial charge in [0.15, 0.2) is 0 Å². The number of benzene rings is 2. The molecular weight excluding hydrogens is 370 g/mol. The van der Waals surface area contributed by atoms with E-state index >= 15 is 0 Å². The van der Waals surface area contributed by atoms with Gasteiger partial charge in [0, 0.05) is 11.8 Å². The summed E-state index contributed by atoms with van der Waals surface area (Å²) < 4.78 is 16.0. The van der Waals surface area contributed by atoms with Crippen LogP contribution in [-0.4, -0.2) is 38.3 Å². The molecule has 1 aromatic heterocycles. The number of hydrogen-bond acceptors (Lipinski definition) is 6. The maximum absolute atomic E-state index is 12.4. The highest BCUT2D eigenvalue weighted by Gasteiger charge is 2.08. The van der Waals surface area contributed by atoms with E-state index in [1.165, 1.54) is 0 Å². The highest BCUT2D eigenvalue weighted by Crippen LogP contribution is 2.26. The van der Waals surface area contributed by atoms with Crippen LogP contribution in [0.25, 0.3) is 0 Å². The molecule has 0 aliphatic heterocycles. The van der Waals surface area contributed by atoms with Crippen molar-refractivity contribution in [3.05, 3.63) is 72.4 Å². The Labute approximate surface area is 169 Å². The number of amides is 1. The van der Waals surface area contributed by atoms with Gasteiger partial charge in [-0.2, -0.15) is 0 Å². The predicted molar refractivity (Wildman–Crippen MR) is 111 cm³/mol. The van der Waals surface area contributed by atoms with E-state index in [9.17, 15) is 4.79 Å². The van der Waals surface area contributed by atoms with Crippen LogP contribution in [0.1, 0.15) is 10.4 Å². The van der Waals surface area contributed by atoms with Gasteiger partial charge in [0.2, 0.25) is 0 Å². The zero-order valence-electron chi connectivity index (χ0n) is 16.3. The first-order valence-electron chi connectivity index (χ1n) is 9.11. The maximum atomic E-state index is 12.4. The molecule has 150 valence electrons. The third-order valence-corrected chi connectivity index (χ3v) is 4.11. The molecule has 0 spiro atoms. The van der Waals surface area contributed by atoms with Crippen molar-refractivity contribution in [3.63, 3.8) is 0 Å². The number of pyridine rings is 1. The van der Waals surface area contributed by atoms with Crippen molar-refractivity contribution >= 4 is 17.4 Å². The summed E-state index contributed by atoms with van der Waals surface area (Å²) in [6, 6.07) is 18.1. The lowest BCUT2D eigenvalue weighted by Crippen LogP contribution is -2.28. The molecule has 0 saturated carbocycles. The second-order valence-electron chi connectivity index (χ2n) is 6.03. The van der Waals surface area contributed by atoms with Gasteiger partial charge in [-0.3, -0.25) is 4.79 Å². The number of nitrogens with zero attached hydrogens (tertiary/aromatic N) is 1. The number of para-hydroxylation sites is 2. The molecule has 2 aromatic carbocycles. The second kappa shape index (κ2) is 9.98. The van der Waals surface area contributed by atoms with Crippen LogP contribution in [0.15, 0.2) is 66.9 Å². The molecule has 3 aromatic rings. The normalized spacial score (nSPS) is 10.1. The van der Waals surface area contributed by atoms with Crippen molar-refractivity contribution < 1.29 is 19.0 Å². The van der Waals surface area contributed by atoms with Crippen molar-refractivity contribution in [2.45, 2.75) is 0 Å². The Kier molecular flexibility index (Phi) is 6.89. The molecule has 2 N–H and O–H groups in total. The Bertz CT molecular complexity index is 945. The van der Waals surface area contributed by atoms with E-state index in [2.05, 4.69) is 15.6 Å². The first kappa shape index (κ1) is 20.0. The monoisotopic (exact) mass is 393 g/mol. The lowest BCUT2D eigenvalue weighted by atomic mass is 10.2. The standard InChI is InChI=1S/C22H23N3O4/c1-27-17-7-9-18(10-8-17)29-14-13-24-22(26)16-11-12-23-21(15-16)25-19-5-3-4-6-20(19)28-2/h3-12,15H,13-14H2,1-2H3,(H,23,25)(H,24,26). The van der Waals surface area contributed by atoms with Crippen molar-refractivity contribution in [1.82, 2.24) is 10.3 Å². The molecule has 1 amide bonds. The van der Waals surface area contributed by atoms with Crippen LogP contribution in [0.5, 0.6) is 17.2 Å². The molecule has 1 heterocycles. The molecule has 0 fully saturated rings. The zero-order valence-corrected chi connectivity index (χ0v) is 16.3. The number of methoxy groups -OCH3 is 2. The summed E-state index contributed by atoms with van der Waals surface area (Å²) in [5.74, 6) is 2.53. The first-order chi connectivity index (χ1) is 14.2. The van der Waals surface area contributed by atoms with Gasteiger partial charge in [0.1, 0.15) is 29.7 Å². The summed E-state index contributed by atoms with van der Waals surface area (Å²) in [5, 5.41) is 6.00. The Hall–Kier alpha value is -3.74. The van der Waals surface area contributed by atoms with Crippen LogP contribution >= 0.6 is 0 Å². The van der Waals surface area contributed by atoms with Crippen LogP contribution < -0.4 is 24.8 Å². The van der Waals surface area contributed by atoms with Crippen LogP contribution in [-0.2, 0) is 0 Å².